The second kappa shape index (κ2) is 2.30. The molecule has 4 nitrogen and oxygen atoms in total. The fraction of sp³-hybridized carbons (Fsp3) is 0.200. The lowest BCUT2D eigenvalue weighted by Gasteiger charge is -2.05. The van der Waals surface area contributed by atoms with Crippen molar-refractivity contribution in [1.29, 1.82) is 5.41 Å². The van der Waals surface area contributed by atoms with E-state index < -0.39 is 0 Å². The molecule has 1 heterocycles. The fourth-order valence-corrected chi connectivity index (χ4v) is 0.543. The van der Waals surface area contributed by atoms with Crippen molar-refractivity contribution in [2.24, 2.45) is 10.7 Å². The molecule has 0 radical (unpaired) electrons. The number of nitrogens with two attached hydrogens (primary N) is 1. The summed E-state index contributed by atoms with van der Waals surface area (Å²) in [7, 11) is 0. The van der Waals surface area contributed by atoms with Crippen LogP contribution in [0.1, 0.15) is 0 Å². The minimum absolute atomic E-state index is 0.0827. The smallest absolute Gasteiger partial charge is 0.122 e. The van der Waals surface area contributed by atoms with Crippen LogP contribution in [0.15, 0.2) is 16.8 Å². The second-order valence-electron chi connectivity index (χ2n) is 1.72. The first-order valence-corrected chi connectivity index (χ1v) is 2.58. The third-order valence-corrected chi connectivity index (χ3v) is 1.03. The quantitative estimate of drug-likeness (QED) is 0.323. The van der Waals surface area contributed by atoms with Crippen molar-refractivity contribution >= 4 is 12.2 Å². The second-order valence-corrected chi connectivity index (χ2v) is 1.72. The topological polar surface area (TPSA) is 74.3 Å². The number of amidine groups is 1. The summed E-state index contributed by atoms with van der Waals surface area (Å²) >= 11 is 0. The normalized spacial score (nSPS) is 16.2. The average Bonchev–Trinajstić information content (AvgIpc) is 1.90. The molecule has 0 aromatic carbocycles. The summed E-state index contributed by atoms with van der Waals surface area (Å²) in [5.74, 6) is 0.0827. The molecule has 0 aromatic rings. The molecule has 0 aromatic heterocycles. The summed E-state index contributed by atoms with van der Waals surface area (Å²) in [5, 5.41) is 9.73. The van der Waals surface area contributed by atoms with E-state index in [1.54, 1.807) is 12.5 Å². The van der Waals surface area contributed by atoms with Crippen LogP contribution in [0, 0.1) is 5.41 Å². The van der Waals surface area contributed by atoms with Gasteiger partial charge < -0.3 is 11.1 Å². The van der Waals surface area contributed by atoms with Gasteiger partial charge >= 0.3 is 0 Å². The minimum Gasteiger partial charge on any atom is -0.384 e. The van der Waals surface area contributed by atoms with E-state index in [0.717, 1.165) is 5.57 Å². The predicted octanol–water partition coefficient (Wildman–Crippen LogP) is -0.562. The highest BCUT2D eigenvalue weighted by Gasteiger charge is 2.00. The van der Waals surface area contributed by atoms with Crippen LogP contribution in [0.2, 0.25) is 0 Å². The van der Waals surface area contributed by atoms with Gasteiger partial charge in [0.15, 0.2) is 0 Å². The molecule has 1 rings (SSSR count). The van der Waals surface area contributed by atoms with Crippen LogP contribution in [-0.2, 0) is 0 Å². The van der Waals surface area contributed by atoms with Gasteiger partial charge in [-0.25, -0.2) is 0 Å². The van der Waals surface area contributed by atoms with Crippen LogP contribution in [0.3, 0.4) is 0 Å². The van der Waals surface area contributed by atoms with Gasteiger partial charge in [0.25, 0.3) is 0 Å². The Labute approximate surface area is 53.0 Å². The molecule has 0 saturated carbocycles. The Hall–Kier alpha value is -1.32. The summed E-state index contributed by atoms with van der Waals surface area (Å²) in [4.78, 5) is 3.85. The van der Waals surface area contributed by atoms with Gasteiger partial charge in [0.2, 0.25) is 0 Å². The van der Waals surface area contributed by atoms with Crippen molar-refractivity contribution in [3.8, 4) is 0 Å². The van der Waals surface area contributed by atoms with Crippen LogP contribution < -0.4 is 11.1 Å². The van der Waals surface area contributed by atoms with E-state index in [4.69, 9.17) is 11.1 Å². The van der Waals surface area contributed by atoms with Crippen molar-refractivity contribution in [3.05, 3.63) is 11.8 Å². The zero-order valence-electron chi connectivity index (χ0n) is 4.89. The maximum atomic E-state index is 6.98. The van der Waals surface area contributed by atoms with Crippen molar-refractivity contribution in [3.63, 3.8) is 0 Å². The molecule has 0 amide bonds. The first kappa shape index (κ1) is 5.81. The van der Waals surface area contributed by atoms with Gasteiger partial charge in [-0.05, 0) is 0 Å². The van der Waals surface area contributed by atoms with Crippen LogP contribution in [-0.4, -0.2) is 18.7 Å². The fourth-order valence-electron chi connectivity index (χ4n) is 0.543. The zero-order chi connectivity index (χ0) is 6.69. The highest BCUT2D eigenvalue weighted by Crippen LogP contribution is 1.93. The SMILES string of the molecule is N=C(N)C1=CNC=NC1. The summed E-state index contributed by atoms with van der Waals surface area (Å²) < 4.78 is 0. The standard InChI is InChI=1S/C5H8N4/c6-5(7)4-1-8-3-9-2-4/h1,3H,2H2,(H3,6,7)(H,8,9). The lowest BCUT2D eigenvalue weighted by molar-refractivity contribution is 1.09. The van der Waals surface area contributed by atoms with Crippen molar-refractivity contribution < 1.29 is 0 Å². The molecule has 0 fully saturated rings. The molecule has 9 heavy (non-hydrogen) atoms. The van der Waals surface area contributed by atoms with E-state index >= 15 is 0 Å². The van der Waals surface area contributed by atoms with Crippen LogP contribution >= 0.6 is 0 Å². The molecule has 0 spiro atoms. The summed E-state index contributed by atoms with van der Waals surface area (Å²) in [6, 6.07) is 0. The number of nitrogens with one attached hydrogen (secondary N) is 2. The molecular formula is C5H8N4. The Morgan fingerprint density at radius 1 is 1.89 bits per heavy atom. The van der Waals surface area contributed by atoms with E-state index in [9.17, 15) is 0 Å². The minimum atomic E-state index is 0.0827. The molecule has 0 atom stereocenters. The Morgan fingerprint density at radius 2 is 2.67 bits per heavy atom. The van der Waals surface area contributed by atoms with Gasteiger partial charge in [-0.1, -0.05) is 0 Å². The predicted molar refractivity (Wildman–Crippen MR) is 36.5 cm³/mol. The van der Waals surface area contributed by atoms with Gasteiger partial charge in [0, 0.05) is 11.8 Å². The molecule has 4 heteroatoms. The van der Waals surface area contributed by atoms with E-state index in [1.807, 2.05) is 0 Å². The number of nitrogens with zero attached hydrogens (tertiary/aromatic N) is 1. The van der Waals surface area contributed by atoms with E-state index in [1.165, 1.54) is 0 Å². The number of rotatable bonds is 1. The first-order chi connectivity index (χ1) is 4.30. The molecule has 0 aliphatic carbocycles. The maximum Gasteiger partial charge on any atom is 0.122 e. The lowest BCUT2D eigenvalue weighted by atomic mass is 10.2. The molecule has 1 aliphatic heterocycles. The largest absolute Gasteiger partial charge is 0.384 e. The monoisotopic (exact) mass is 124 g/mol. The number of hydrogen-bond donors (Lipinski definition) is 3. The maximum absolute atomic E-state index is 6.98. The summed E-state index contributed by atoms with van der Waals surface area (Å²) in [5.41, 5.74) is 5.90. The van der Waals surface area contributed by atoms with Crippen molar-refractivity contribution in [2.45, 2.75) is 0 Å². The first-order valence-electron chi connectivity index (χ1n) is 2.58. The third kappa shape index (κ3) is 1.28. The number of hydrogen-bond acceptors (Lipinski definition) is 3. The lowest BCUT2D eigenvalue weighted by Crippen LogP contribution is -2.21. The molecule has 0 unspecified atom stereocenters. The highest BCUT2D eigenvalue weighted by atomic mass is 15.0. The number of aliphatic imine (C=N–C) groups is 1. The third-order valence-electron chi connectivity index (χ3n) is 1.03. The summed E-state index contributed by atoms with van der Waals surface area (Å²) in [6.07, 6.45) is 3.25. The van der Waals surface area contributed by atoms with Crippen molar-refractivity contribution in [2.75, 3.05) is 6.54 Å². The van der Waals surface area contributed by atoms with Gasteiger partial charge in [-0.15, -0.1) is 0 Å². The zero-order valence-corrected chi connectivity index (χ0v) is 4.89. The molecule has 0 bridgehead atoms. The highest BCUT2D eigenvalue weighted by molar-refractivity contribution is 5.95. The Kier molecular flexibility index (Phi) is 1.48. The van der Waals surface area contributed by atoms with Gasteiger partial charge in [0.05, 0.1) is 12.9 Å². The van der Waals surface area contributed by atoms with Gasteiger partial charge in [0.1, 0.15) is 5.84 Å². The molecule has 0 saturated heterocycles. The Morgan fingerprint density at radius 3 is 3.00 bits per heavy atom. The molecule has 1 aliphatic rings. The Balaban J connectivity index is 2.61. The molecular weight excluding hydrogens is 116 g/mol. The van der Waals surface area contributed by atoms with Crippen LogP contribution in [0.5, 0.6) is 0 Å². The summed E-state index contributed by atoms with van der Waals surface area (Å²) in [6.45, 7) is 0.516. The van der Waals surface area contributed by atoms with E-state index in [0.29, 0.717) is 6.54 Å². The van der Waals surface area contributed by atoms with Crippen LogP contribution in [0.4, 0.5) is 0 Å². The van der Waals surface area contributed by atoms with Gasteiger partial charge in [-0.2, -0.15) is 0 Å². The Bertz CT molecular complexity index is 179. The van der Waals surface area contributed by atoms with E-state index in [-0.39, 0.29) is 5.84 Å². The van der Waals surface area contributed by atoms with E-state index in [2.05, 4.69) is 10.3 Å². The van der Waals surface area contributed by atoms with Crippen molar-refractivity contribution in [1.82, 2.24) is 5.32 Å². The van der Waals surface area contributed by atoms with Gasteiger partial charge in [-0.3, -0.25) is 10.4 Å². The molecule has 48 valence electrons. The molecule has 4 N–H and O–H groups in total. The average molecular weight is 124 g/mol. The van der Waals surface area contributed by atoms with Crippen LogP contribution in [0.25, 0.3) is 0 Å².